The first-order valence-electron chi connectivity index (χ1n) is 11.5. The number of nitrogens with zero attached hydrogens (tertiary/aromatic N) is 5. The Kier molecular flexibility index (Phi) is 11.4. The molecule has 3 aromatic carbocycles. The maximum atomic E-state index is 12.1. The highest BCUT2D eigenvalue weighted by Crippen LogP contribution is 2.48. The van der Waals surface area contributed by atoms with E-state index in [2.05, 4.69) is 51.3 Å². The lowest BCUT2D eigenvalue weighted by molar-refractivity contribution is -0.432. The summed E-state index contributed by atoms with van der Waals surface area (Å²) in [5.41, 5.74) is -0.0142. The molecular weight excluding hydrogens is 684 g/mol. The second kappa shape index (κ2) is 15.0. The van der Waals surface area contributed by atoms with Gasteiger partial charge in [-0.15, -0.1) is 18.9 Å². The number of hydrogen-bond donors (Lipinski definition) is 4. The van der Waals surface area contributed by atoms with Gasteiger partial charge in [0.25, 0.3) is 10.1 Å². The fraction of sp³-hybridized carbons (Fsp3) is 0.0870. The first kappa shape index (κ1) is 33.5. The second-order valence-corrected chi connectivity index (χ2v) is 11.9. The third-order valence-corrected chi connectivity index (χ3v) is 8.00. The van der Waals surface area contributed by atoms with Crippen LogP contribution in [0.3, 0.4) is 0 Å². The maximum Gasteiger partial charge on any atom is 0.294 e. The van der Waals surface area contributed by atoms with Crippen molar-refractivity contribution in [1.29, 1.82) is 0 Å². The van der Waals surface area contributed by atoms with E-state index in [1.807, 2.05) is 0 Å². The fourth-order valence-electron chi connectivity index (χ4n) is 3.50. The van der Waals surface area contributed by atoms with E-state index in [9.17, 15) is 18.1 Å². The summed E-state index contributed by atoms with van der Waals surface area (Å²) < 4.78 is 48.9. The Morgan fingerprint density at radius 3 is 2.57 bits per heavy atom. The van der Waals surface area contributed by atoms with Gasteiger partial charge < -0.3 is 20.0 Å². The van der Waals surface area contributed by atoms with E-state index >= 15 is 0 Å². The van der Waals surface area contributed by atoms with Crippen molar-refractivity contribution in [1.82, 2.24) is 15.0 Å². The number of benzene rings is 3. The van der Waals surface area contributed by atoms with Crippen LogP contribution in [0.2, 0.25) is 5.28 Å². The largest absolute Gasteiger partial charge is 0.505 e. The molecule has 21 heteroatoms. The minimum atomic E-state index is -4.73. The summed E-state index contributed by atoms with van der Waals surface area (Å²) >= 11 is 8.48. The number of thioether (sulfide) groups is 1. The molecule has 44 heavy (non-hydrogen) atoms. The molecule has 4 N–H and O–H groups in total. The van der Waals surface area contributed by atoms with Gasteiger partial charge in [-0.25, -0.2) is 5.26 Å². The van der Waals surface area contributed by atoms with Gasteiger partial charge in [-0.05, 0) is 59.6 Å². The molecule has 0 aliphatic heterocycles. The van der Waals surface area contributed by atoms with E-state index in [1.165, 1.54) is 24.9 Å². The average molecular weight is 703 g/mol. The monoisotopic (exact) mass is 702 g/mol. The summed E-state index contributed by atoms with van der Waals surface area (Å²) in [7, 11) is -3.33. The molecule has 0 atom stereocenters. The number of ether oxygens (including phenoxy) is 1. The van der Waals surface area contributed by atoms with Gasteiger partial charge in [-0.3, -0.25) is 4.55 Å². The highest BCUT2D eigenvalue weighted by atomic mass is 35.5. The van der Waals surface area contributed by atoms with Crippen molar-refractivity contribution in [2.75, 3.05) is 18.7 Å². The standard InChI is InChI=1S/C23H19ClN6O10S4/c1-4-37-39-42-12-5-6-14(16(9-12)36-2)29-30-19-17(43-40-38-32)8-11-7-13(44(33,34)35)10-15(18(11)20(19)31)25-22-26-21(24)27-23(28-22)41-3/h4-10,31-32H,1H2,2-3H3,(H,33,34,35)(H,25,26,27,28). The number of hydrogen-bond acceptors (Lipinski definition) is 18. The fourth-order valence-corrected chi connectivity index (χ4v) is 5.56. The van der Waals surface area contributed by atoms with Gasteiger partial charge in [0, 0.05) is 10.3 Å². The van der Waals surface area contributed by atoms with Crippen LogP contribution in [0.1, 0.15) is 0 Å². The summed E-state index contributed by atoms with van der Waals surface area (Å²) in [6, 6.07) is 8.26. The Morgan fingerprint density at radius 2 is 1.89 bits per heavy atom. The van der Waals surface area contributed by atoms with Crippen LogP contribution in [-0.2, 0) is 28.7 Å². The van der Waals surface area contributed by atoms with E-state index in [-0.39, 0.29) is 54.9 Å². The van der Waals surface area contributed by atoms with Crippen LogP contribution in [0.15, 0.2) is 79.3 Å². The zero-order valence-corrected chi connectivity index (χ0v) is 26.2. The first-order chi connectivity index (χ1) is 21.1. The number of rotatable bonds is 14. The van der Waals surface area contributed by atoms with Crippen LogP contribution in [-0.4, -0.2) is 51.7 Å². The quantitative estimate of drug-likeness (QED) is 0.0151. The Labute approximate surface area is 266 Å². The van der Waals surface area contributed by atoms with Crippen LogP contribution >= 0.6 is 47.4 Å². The molecule has 232 valence electrons. The molecule has 0 aliphatic carbocycles. The van der Waals surface area contributed by atoms with Crippen molar-refractivity contribution in [3.63, 3.8) is 0 Å². The molecule has 0 amide bonds. The number of methoxy groups -OCH3 is 1. The minimum Gasteiger partial charge on any atom is -0.505 e. The van der Waals surface area contributed by atoms with E-state index < -0.39 is 20.8 Å². The van der Waals surface area contributed by atoms with E-state index in [0.29, 0.717) is 16.9 Å². The van der Waals surface area contributed by atoms with E-state index in [4.69, 9.17) is 25.9 Å². The van der Waals surface area contributed by atoms with Crippen molar-refractivity contribution in [3.05, 3.63) is 54.5 Å². The molecular formula is C23H19ClN6O10S4. The molecule has 1 aromatic heterocycles. The highest BCUT2D eigenvalue weighted by Gasteiger charge is 2.22. The van der Waals surface area contributed by atoms with Crippen molar-refractivity contribution in [2.45, 2.75) is 19.8 Å². The van der Waals surface area contributed by atoms with E-state index in [1.54, 1.807) is 24.5 Å². The summed E-state index contributed by atoms with van der Waals surface area (Å²) in [5.74, 6) is -0.334. The molecule has 0 spiro atoms. The molecule has 1 heterocycles. The van der Waals surface area contributed by atoms with Crippen LogP contribution in [0.5, 0.6) is 11.5 Å². The number of phenols is 1. The normalized spacial score (nSPS) is 11.7. The number of phenolic OH excluding ortho intramolecular Hbond substituents is 1. The lowest BCUT2D eigenvalue weighted by atomic mass is 10.1. The SMILES string of the molecule is C=COOSc1ccc(N=Nc2c(SOOO)cc3cc(S(=O)(=O)O)cc(Nc4nc(Cl)nc(SC)n4)c3c2O)c(OC)c1. The molecule has 0 unspecified atom stereocenters. The van der Waals surface area contributed by atoms with Crippen LogP contribution in [0, 0.1) is 0 Å². The van der Waals surface area contributed by atoms with Gasteiger partial charge in [-0.1, -0.05) is 23.4 Å². The van der Waals surface area contributed by atoms with Gasteiger partial charge in [0.05, 0.1) is 46.7 Å². The van der Waals surface area contributed by atoms with Crippen molar-refractivity contribution in [3.8, 4) is 11.5 Å². The summed E-state index contributed by atoms with van der Waals surface area (Å²) in [6.07, 6.45) is 2.81. The van der Waals surface area contributed by atoms with Gasteiger partial charge in [-0.2, -0.15) is 23.4 Å². The van der Waals surface area contributed by atoms with Gasteiger partial charge in [0.15, 0.2) is 10.9 Å². The van der Waals surface area contributed by atoms with E-state index in [0.717, 1.165) is 30.4 Å². The Bertz CT molecular complexity index is 1830. The van der Waals surface area contributed by atoms with Gasteiger partial charge >= 0.3 is 0 Å². The second-order valence-electron chi connectivity index (χ2n) is 7.83. The zero-order valence-electron chi connectivity index (χ0n) is 22.2. The Morgan fingerprint density at radius 1 is 1.09 bits per heavy atom. The Balaban J connectivity index is 1.89. The maximum absolute atomic E-state index is 12.1. The topological polar surface area (TPSA) is 216 Å². The smallest absolute Gasteiger partial charge is 0.294 e. The minimum absolute atomic E-state index is 0.0141. The number of nitrogens with one attached hydrogen (secondary N) is 1. The predicted molar refractivity (Wildman–Crippen MR) is 161 cm³/mol. The molecule has 0 saturated heterocycles. The van der Waals surface area contributed by atoms with Crippen molar-refractivity contribution >= 4 is 91.3 Å². The predicted octanol–water partition coefficient (Wildman–Crippen LogP) is 7.05. The lowest BCUT2D eigenvalue weighted by Crippen LogP contribution is -2.04. The number of azo groups is 1. The average Bonchev–Trinajstić information content (AvgIpc) is 2.99. The molecule has 0 radical (unpaired) electrons. The summed E-state index contributed by atoms with van der Waals surface area (Å²) in [4.78, 5) is 16.8. The zero-order chi connectivity index (χ0) is 31.9. The Hall–Kier alpha value is -3.44. The van der Waals surface area contributed by atoms with Gasteiger partial charge in [0.2, 0.25) is 11.2 Å². The molecule has 4 rings (SSSR count). The third-order valence-electron chi connectivity index (χ3n) is 5.24. The highest BCUT2D eigenvalue weighted by molar-refractivity contribution is 7.98. The molecule has 0 saturated carbocycles. The van der Waals surface area contributed by atoms with Gasteiger partial charge in [0.1, 0.15) is 23.4 Å². The third kappa shape index (κ3) is 8.18. The first-order valence-corrected chi connectivity index (χ1v) is 16.0. The van der Waals surface area contributed by atoms with Crippen molar-refractivity contribution < 1.29 is 46.7 Å². The molecule has 0 fully saturated rings. The summed E-state index contributed by atoms with van der Waals surface area (Å²) in [5, 5.41) is 35.3. The number of anilines is 2. The van der Waals surface area contributed by atoms with Crippen molar-refractivity contribution in [2.24, 2.45) is 10.2 Å². The molecule has 16 nitrogen and oxygen atoms in total. The lowest BCUT2D eigenvalue weighted by Gasteiger charge is -2.15. The molecule has 4 aromatic rings. The number of aromatic hydroxyl groups is 1. The number of halogens is 1. The van der Waals surface area contributed by atoms with Crippen LogP contribution < -0.4 is 10.1 Å². The van der Waals surface area contributed by atoms with Crippen LogP contribution in [0.4, 0.5) is 23.0 Å². The number of aromatic nitrogens is 3. The molecule has 0 bridgehead atoms. The summed E-state index contributed by atoms with van der Waals surface area (Å²) in [6.45, 7) is 3.37. The molecule has 0 aliphatic rings. The number of fused-ring (bicyclic) bond motifs is 1. The van der Waals surface area contributed by atoms with Crippen LogP contribution in [0.25, 0.3) is 10.8 Å².